The van der Waals surface area contributed by atoms with E-state index in [0.29, 0.717) is 11.3 Å². The van der Waals surface area contributed by atoms with Crippen molar-refractivity contribution in [2.24, 2.45) is 0 Å². The van der Waals surface area contributed by atoms with Crippen LogP contribution in [0.15, 0.2) is 36.4 Å². The molecule has 0 bridgehead atoms. The zero-order chi connectivity index (χ0) is 15.4. The van der Waals surface area contributed by atoms with E-state index in [9.17, 15) is 18.9 Å². The van der Waals surface area contributed by atoms with Gasteiger partial charge in [-0.1, -0.05) is 6.07 Å². The molecule has 0 heterocycles. The summed E-state index contributed by atoms with van der Waals surface area (Å²) in [6, 6.07) is 7.70. The molecule has 0 radical (unpaired) electrons. The summed E-state index contributed by atoms with van der Waals surface area (Å²) in [7, 11) is 1.44. The number of methoxy groups -OCH3 is 1. The molecule has 0 aromatic heterocycles. The van der Waals surface area contributed by atoms with Crippen molar-refractivity contribution in [3.05, 3.63) is 63.7 Å². The molecule has 5 nitrogen and oxygen atoms in total. The summed E-state index contributed by atoms with van der Waals surface area (Å²) in [6.07, 6.45) is 0. The predicted molar refractivity (Wildman–Crippen MR) is 73.3 cm³/mol. The monoisotopic (exact) mass is 294 g/mol. The van der Waals surface area contributed by atoms with Crippen LogP contribution in [0, 0.1) is 21.7 Å². The van der Waals surface area contributed by atoms with Crippen molar-refractivity contribution in [2.45, 2.75) is 6.54 Å². The van der Waals surface area contributed by atoms with E-state index >= 15 is 0 Å². The third kappa shape index (κ3) is 3.44. The van der Waals surface area contributed by atoms with Crippen LogP contribution in [0.5, 0.6) is 5.75 Å². The van der Waals surface area contributed by atoms with Crippen molar-refractivity contribution >= 4 is 11.4 Å². The van der Waals surface area contributed by atoms with Crippen molar-refractivity contribution < 1.29 is 18.4 Å². The van der Waals surface area contributed by atoms with Gasteiger partial charge < -0.3 is 10.1 Å². The van der Waals surface area contributed by atoms with E-state index in [1.54, 1.807) is 0 Å². The summed E-state index contributed by atoms with van der Waals surface area (Å²) in [5, 5.41) is 13.8. The minimum Gasteiger partial charge on any atom is -0.497 e. The van der Waals surface area contributed by atoms with E-state index in [4.69, 9.17) is 4.74 Å². The predicted octanol–water partition coefficient (Wildman–Crippen LogP) is 3.49. The first kappa shape index (κ1) is 14.7. The normalized spacial score (nSPS) is 10.2. The number of nitro benzene ring substituents is 1. The van der Waals surface area contributed by atoms with Crippen LogP contribution >= 0.6 is 0 Å². The molecule has 0 saturated carbocycles. The molecular weight excluding hydrogens is 282 g/mol. The van der Waals surface area contributed by atoms with Crippen LogP contribution in [0.25, 0.3) is 0 Å². The molecule has 0 aliphatic rings. The number of rotatable bonds is 5. The highest BCUT2D eigenvalue weighted by molar-refractivity contribution is 5.64. The van der Waals surface area contributed by atoms with E-state index in [1.807, 2.05) is 0 Å². The number of nitrogens with zero attached hydrogens (tertiary/aromatic N) is 1. The number of ether oxygens (including phenoxy) is 1. The number of hydrogen-bond acceptors (Lipinski definition) is 4. The van der Waals surface area contributed by atoms with Crippen molar-refractivity contribution in [2.75, 3.05) is 12.4 Å². The fourth-order valence-electron chi connectivity index (χ4n) is 1.79. The summed E-state index contributed by atoms with van der Waals surface area (Å²) in [4.78, 5) is 10.4. The average molecular weight is 294 g/mol. The molecule has 0 atom stereocenters. The Morgan fingerprint density at radius 2 is 1.95 bits per heavy atom. The molecule has 2 aromatic carbocycles. The zero-order valence-electron chi connectivity index (χ0n) is 11.1. The third-order valence-electron chi connectivity index (χ3n) is 2.87. The number of benzene rings is 2. The van der Waals surface area contributed by atoms with Gasteiger partial charge in [0.2, 0.25) is 0 Å². The topological polar surface area (TPSA) is 64.4 Å². The van der Waals surface area contributed by atoms with Crippen molar-refractivity contribution in [1.82, 2.24) is 0 Å². The molecule has 2 aromatic rings. The average Bonchev–Trinajstić information content (AvgIpc) is 2.48. The number of halogens is 2. The van der Waals surface area contributed by atoms with Crippen LogP contribution in [0.4, 0.5) is 20.2 Å². The van der Waals surface area contributed by atoms with Gasteiger partial charge in [0.05, 0.1) is 12.0 Å². The van der Waals surface area contributed by atoms with Crippen LogP contribution < -0.4 is 10.1 Å². The SMILES string of the molecule is COc1ccc([N+](=O)[O-])c(NCc2ccc(F)c(F)c2)c1. The minimum absolute atomic E-state index is 0.116. The second kappa shape index (κ2) is 6.17. The maximum atomic E-state index is 13.1. The van der Waals surface area contributed by atoms with Gasteiger partial charge >= 0.3 is 0 Å². The molecule has 0 aliphatic carbocycles. The van der Waals surface area contributed by atoms with Gasteiger partial charge in [0, 0.05) is 18.7 Å². The maximum Gasteiger partial charge on any atom is 0.292 e. The first-order chi connectivity index (χ1) is 10.0. The second-order valence-electron chi connectivity index (χ2n) is 4.24. The standard InChI is InChI=1S/C14H12F2N2O3/c1-21-10-3-5-14(18(19)20)13(7-10)17-8-9-2-4-11(15)12(16)6-9/h2-7,17H,8H2,1H3. The van der Waals surface area contributed by atoms with Gasteiger partial charge in [0.15, 0.2) is 11.6 Å². The maximum absolute atomic E-state index is 13.1. The Bertz CT molecular complexity index is 677. The zero-order valence-corrected chi connectivity index (χ0v) is 11.1. The molecule has 0 aliphatic heterocycles. The Kier molecular flexibility index (Phi) is 4.32. The molecule has 0 saturated heterocycles. The number of nitro groups is 1. The smallest absolute Gasteiger partial charge is 0.292 e. The van der Waals surface area contributed by atoms with Gasteiger partial charge in [-0.05, 0) is 23.8 Å². The molecule has 0 fully saturated rings. The minimum atomic E-state index is -0.963. The van der Waals surface area contributed by atoms with E-state index in [1.165, 1.54) is 31.4 Å². The van der Waals surface area contributed by atoms with Crippen LogP contribution in [0.3, 0.4) is 0 Å². The van der Waals surface area contributed by atoms with Gasteiger partial charge in [-0.2, -0.15) is 0 Å². The Morgan fingerprint density at radius 3 is 2.57 bits per heavy atom. The lowest BCUT2D eigenvalue weighted by Gasteiger charge is -2.09. The lowest BCUT2D eigenvalue weighted by atomic mass is 10.2. The fraction of sp³-hybridized carbons (Fsp3) is 0.143. The van der Waals surface area contributed by atoms with Gasteiger partial charge in [-0.15, -0.1) is 0 Å². The van der Waals surface area contributed by atoms with E-state index in [0.717, 1.165) is 12.1 Å². The molecule has 21 heavy (non-hydrogen) atoms. The molecule has 1 N–H and O–H groups in total. The van der Waals surface area contributed by atoms with Gasteiger partial charge in [-0.3, -0.25) is 10.1 Å². The lowest BCUT2D eigenvalue weighted by Crippen LogP contribution is -2.03. The van der Waals surface area contributed by atoms with Crippen LogP contribution in [0.1, 0.15) is 5.56 Å². The fourth-order valence-corrected chi connectivity index (χ4v) is 1.79. The summed E-state index contributed by atoms with van der Waals surface area (Å²) in [5.74, 6) is -1.45. The highest BCUT2D eigenvalue weighted by Gasteiger charge is 2.14. The quantitative estimate of drug-likeness (QED) is 0.677. The highest BCUT2D eigenvalue weighted by Crippen LogP contribution is 2.29. The largest absolute Gasteiger partial charge is 0.497 e. The first-order valence-corrected chi connectivity index (χ1v) is 6.01. The van der Waals surface area contributed by atoms with E-state index in [-0.39, 0.29) is 17.9 Å². The number of anilines is 1. The number of nitrogens with one attached hydrogen (secondary N) is 1. The highest BCUT2D eigenvalue weighted by atomic mass is 19.2. The Morgan fingerprint density at radius 1 is 1.19 bits per heavy atom. The Balaban J connectivity index is 2.21. The second-order valence-corrected chi connectivity index (χ2v) is 4.24. The first-order valence-electron chi connectivity index (χ1n) is 6.01. The summed E-state index contributed by atoms with van der Waals surface area (Å²) in [6.45, 7) is 0.116. The summed E-state index contributed by atoms with van der Waals surface area (Å²) >= 11 is 0. The molecular formula is C14H12F2N2O3. The molecule has 0 amide bonds. The lowest BCUT2D eigenvalue weighted by molar-refractivity contribution is -0.384. The van der Waals surface area contributed by atoms with Crippen molar-refractivity contribution in [3.8, 4) is 5.75 Å². The summed E-state index contributed by atoms with van der Waals surface area (Å²) in [5.41, 5.74) is 0.577. The van der Waals surface area contributed by atoms with Crippen molar-refractivity contribution in [3.63, 3.8) is 0 Å². The Labute approximate surface area is 119 Å². The molecule has 0 unspecified atom stereocenters. The molecule has 0 spiro atoms. The molecule has 110 valence electrons. The van der Waals surface area contributed by atoms with Gasteiger partial charge in [0.1, 0.15) is 11.4 Å². The summed E-state index contributed by atoms with van der Waals surface area (Å²) < 4.78 is 30.9. The van der Waals surface area contributed by atoms with E-state index in [2.05, 4.69) is 5.32 Å². The van der Waals surface area contributed by atoms with Gasteiger partial charge in [0.25, 0.3) is 5.69 Å². The van der Waals surface area contributed by atoms with Crippen LogP contribution in [-0.2, 0) is 6.54 Å². The van der Waals surface area contributed by atoms with Crippen LogP contribution in [-0.4, -0.2) is 12.0 Å². The third-order valence-corrected chi connectivity index (χ3v) is 2.87. The van der Waals surface area contributed by atoms with Crippen LogP contribution in [0.2, 0.25) is 0 Å². The molecule has 7 heteroatoms. The molecule has 2 rings (SSSR count). The van der Waals surface area contributed by atoms with Gasteiger partial charge in [-0.25, -0.2) is 8.78 Å². The van der Waals surface area contributed by atoms with Crippen molar-refractivity contribution in [1.29, 1.82) is 0 Å². The van der Waals surface area contributed by atoms with E-state index < -0.39 is 16.6 Å². The number of hydrogen-bond donors (Lipinski definition) is 1. The Hall–Kier alpha value is -2.70.